The van der Waals surface area contributed by atoms with Crippen LogP contribution in [-0.2, 0) is 52.2 Å². The van der Waals surface area contributed by atoms with Gasteiger partial charge in [-0.1, -0.05) is 0 Å². The SMILES string of the molecule is CCOC(=O)C(C)(COC)COC(=O)OCCOCCOC(=O)OCC(C)(COC)C(=O)OCC. The molecule has 0 N–H and O–H groups in total. The third-order valence-electron chi connectivity index (χ3n) is 4.37. The molecule has 0 aliphatic carbocycles. The molecule has 13 heteroatoms. The van der Waals surface area contributed by atoms with Gasteiger partial charge in [0.2, 0.25) is 0 Å². The summed E-state index contributed by atoms with van der Waals surface area (Å²) in [5.41, 5.74) is -2.33. The number of carbonyl (C=O) groups excluding carboxylic acids is 4. The Hall–Kier alpha value is -2.64. The predicted octanol–water partition coefficient (Wildman–Crippen LogP) is 1.74. The number of hydrogen-bond acceptors (Lipinski definition) is 13. The van der Waals surface area contributed by atoms with Crippen molar-refractivity contribution in [3.8, 4) is 0 Å². The highest BCUT2D eigenvalue weighted by Gasteiger charge is 2.38. The van der Waals surface area contributed by atoms with Gasteiger partial charge in [0.25, 0.3) is 0 Å². The van der Waals surface area contributed by atoms with Gasteiger partial charge in [-0.15, -0.1) is 0 Å². The van der Waals surface area contributed by atoms with E-state index < -0.39 is 35.1 Å². The summed E-state index contributed by atoms with van der Waals surface area (Å²) in [7, 11) is 2.83. The second kappa shape index (κ2) is 17.7. The molecule has 0 saturated carbocycles. The summed E-state index contributed by atoms with van der Waals surface area (Å²) in [6.07, 6.45) is -1.97. The Morgan fingerprint density at radius 2 is 0.914 bits per heavy atom. The van der Waals surface area contributed by atoms with Gasteiger partial charge >= 0.3 is 24.2 Å². The van der Waals surface area contributed by atoms with E-state index in [9.17, 15) is 19.2 Å². The van der Waals surface area contributed by atoms with Crippen LogP contribution < -0.4 is 0 Å². The lowest BCUT2D eigenvalue weighted by Gasteiger charge is -2.25. The zero-order valence-electron chi connectivity index (χ0n) is 21.4. The molecule has 13 nitrogen and oxygen atoms in total. The van der Waals surface area contributed by atoms with Gasteiger partial charge in [-0.2, -0.15) is 0 Å². The topological polar surface area (TPSA) is 151 Å². The molecular formula is C22H38O13. The first-order valence-corrected chi connectivity index (χ1v) is 11.1. The second-order valence-electron chi connectivity index (χ2n) is 7.81. The van der Waals surface area contributed by atoms with Crippen molar-refractivity contribution in [1.82, 2.24) is 0 Å². The molecule has 0 aliphatic heterocycles. The Labute approximate surface area is 205 Å². The van der Waals surface area contributed by atoms with Crippen LogP contribution in [0, 0.1) is 10.8 Å². The van der Waals surface area contributed by atoms with Gasteiger partial charge in [-0.3, -0.25) is 9.59 Å². The molecule has 0 amide bonds. The molecule has 0 bridgehead atoms. The molecule has 0 radical (unpaired) electrons. The fourth-order valence-corrected chi connectivity index (χ4v) is 2.56. The molecule has 0 rings (SSSR count). The van der Waals surface area contributed by atoms with Crippen LogP contribution in [0.5, 0.6) is 0 Å². The van der Waals surface area contributed by atoms with E-state index in [0.717, 1.165) is 0 Å². The van der Waals surface area contributed by atoms with Crippen LogP contribution in [0.2, 0.25) is 0 Å². The number of methoxy groups -OCH3 is 2. The Balaban J connectivity index is 4.09. The van der Waals surface area contributed by atoms with E-state index >= 15 is 0 Å². The monoisotopic (exact) mass is 510 g/mol. The second-order valence-corrected chi connectivity index (χ2v) is 7.81. The minimum Gasteiger partial charge on any atom is -0.465 e. The van der Waals surface area contributed by atoms with Gasteiger partial charge in [0.15, 0.2) is 0 Å². The number of rotatable bonds is 18. The van der Waals surface area contributed by atoms with Gasteiger partial charge in [-0.05, 0) is 27.7 Å². The molecule has 2 atom stereocenters. The van der Waals surface area contributed by atoms with Crippen molar-refractivity contribution in [3.63, 3.8) is 0 Å². The van der Waals surface area contributed by atoms with Gasteiger partial charge < -0.3 is 42.6 Å². The lowest BCUT2D eigenvalue weighted by molar-refractivity contribution is -0.161. The van der Waals surface area contributed by atoms with Gasteiger partial charge in [0.1, 0.15) is 37.3 Å². The van der Waals surface area contributed by atoms with Gasteiger partial charge in [0, 0.05) is 14.2 Å². The molecule has 0 aromatic carbocycles. The molecule has 204 valence electrons. The molecule has 0 aromatic heterocycles. The summed E-state index contributed by atoms with van der Waals surface area (Å²) in [6.45, 7) is 5.99. The zero-order chi connectivity index (χ0) is 26.7. The van der Waals surface area contributed by atoms with Crippen LogP contribution in [0.15, 0.2) is 0 Å². The van der Waals surface area contributed by atoms with Crippen LogP contribution in [0.25, 0.3) is 0 Å². The molecule has 2 unspecified atom stereocenters. The summed E-state index contributed by atoms with van der Waals surface area (Å²) in [5, 5.41) is 0. The molecule has 35 heavy (non-hydrogen) atoms. The Morgan fingerprint density at radius 3 is 1.23 bits per heavy atom. The number of ether oxygens (including phenoxy) is 9. The summed E-state index contributed by atoms with van der Waals surface area (Å²) in [6, 6.07) is 0. The van der Waals surface area contributed by atoms with Crippen LogP contribution >= 0.6 is 0 Å². The third-order valence-corrected chi connectivity index (χ3v) is 4.37. The van der Waals surface area contributed by atoms with Gasteiger partial charge in [0.05, 0.1) is 39.6 Å². The first-order chi connectivity index (χ1) is 16.6. The first kappa shape index (κ1) is 32.4. The van der Waals surface area contributed by atoms with Crippen molar-refractivity contribution >= 4 is 24.2 Å². The van der Waals surface area contributed by atoms with Crippen LogP contribution in [0.1, 0.15) is 27.7 Å². The Morgan fingerprint density at radius 1 is 0.543 bits per heavy atom. The summed E-state index contributed by atoms with van der Waals surface area (Å²) >= 11 is 0. The lowest BCUT2D eigenvalue weighted by atomic mass is 9.93. The Bertz CT molecular complexity index is 599. The maximum absolute atomic E-state index is 12.0. The van der Waals surface area contributed by atoms with Crippen molar-refractivity contribution in [2.45, 2.75) is 27.7 Å². The Kier molecular flexibility index (Phi) is 16.4. The van der Waals surface area contributed by atoms with E-state index in [1.807, 2.05) is 0 Å². The average Bonchev–Trinajstić information content (AvgIpc) is 2.81. The van der Waals surface area contributed by atoms with Crippen LogP contribution in [0.4, 0.5) is 9.59 Å². The fourth-order valence-electron chi connectivity index (χ4n) is 2.56. The van der Waals surface area contributed by atoms with Crippen molar-refractivity contribution in [2.24, 2.45) is 10.8 Å². The number of esters is 2. The quantitative estimate of drug-likeness (QED) is 0.150. The zero-order valence-corrected chi connectivity index (χ0v) is 21.4. The molecule has 0 spiro atoms. The summed E-state index contributed by atoms with van der Waals surface area (Å²) < 4.78 is 44.8. The molecule has 0 aromatic rings. The third kappa shape index (κ3) is 13.1. The highest BCUT2D eigenvalue weighted by Crippen LogP contribution is 2.21. The minimum absolute atomic E-state index is 0.000887. The predicted molar refractivity (Wildman–Crippen MR) is 119 cm³/mol. The molecule has 0 saturated heterocycles. The molecular weight excluding hydrogens is 472 g/mol. The van der Waals surface area contributed by atoms with Crippen molar-refractivity contribution in [3.05, 3.63) is 0 Å². The van der Waals surface area contributed by atoms with Crippen LogP contribution in [-0.4, -0.2) is 105 Å². The minimum atomic E-state index is -1.16. The first-order valence-electron chi connectivity index (χ1n) is 11.1. The maximum Gasteiger partial charge on any atom is 0.508 e. The standard InChI is InChI=1S/C22H38O13/c1-7-30-17(23)21(3,13-27-5)15-34-19(25)32-11-9-29-10-12-33-20(26)35-16-22(4,14-28-6)18(24)31-8-2/h7-16H2,1-6H3. The fraction of sp³-hybridized carbons (Fsp3) is 0.818. The molecule has 0 fully saturated rings. The van der Waals surface area contributed by atoms with Crippen molar-refractivity contribution < 1.29 is 61.8 Å². The number of hydrogen-bond donors (Lipinski definition) is 0. The van der Waals surface area contributed by atoms with E-state index in [0.29, 0.717) is 0 Å². The van der Waals surface area contributed by atoms with Gasteiger partial charge in [-0.25, -0.2) is 9.59 Å². The van der Waals surface area contributed by atoms with Crippen LogP contribution in [0.3, 0.4) is 0 Å². The number of carbonyl (C=O) groups is 4. The largest absolute Gasteiger partial charge is 0.508 e. The molecule has 0 heterocycles. The van der Waals surface area contributed by atoms with E-state index in [-0.39, 0.29) is 66.1 Å². The summed E-state index contributed by atoms with van der Waals surface area (Å²) in [4.78, 5) is 47.5. The highest BCUT2D eigenvalue weighted by atomic mass is 16.7. The van der Waals surface area contributed by atoms with E-state index in [1.54, 1.807) is 27.7 Å². The van der Waals surface area contributed by atoms with E-state index in [1.165, 1.54) is 14.2 Å². The lowest BCUT2D eigenvalue weighted by Crippen LogP contribution is -2.39. The highest BCUT2D eigenvalue weighted by molar-refractivity contribution is 5.77. The van der Waals surface area contributed by atoms with E-state index in [2.05, 4.69) is 0 Å². The maximum atomic E-state index is 12.0. The van der Waals surface area contributed by atoms with E-state index in [4.69, 9.17) is 42.6 Å². The normalized spacial score (nSPS) is 14.1. The average molecular weight is 511 g/mol. The molecule has 0 aliphatic rings. The van der Waals surface area contributed by atoms with Crippen molar-refractivity contribution in [2.75, 3.05) is 80.3 Å². The summed E-state index contributed by atoms with van der Waals surface area (Å²) in [5.74, 6) is -1.11. The van der Waals surface area contributed by atoms with Crippen molar-refractivity contribution in [1.29, 1.82) is 0 Å². The smallest absolute Gasteiger partial charge is 0.465 e.